The van der Waals surface area contributed by atoms with Crippen molar-refractivity contribution in [2.45, 2.75) is 38.7 Å². The fourth-order valence-electron chi connectivity index (χ4n) is 2.50. The van der Waals surface area contributed by atoms with Crippen LogP contribution in [0.5, 0.6) is 0 Å². The molecule has 2 aliphatic rings. The molecule has 1 atom stereocenters. The van der Waals surface area contributed by atoms with Crippen LogP contribution < -0.4 is 5.32 Å². The molecule has 0 saturated carbocycles. The van der Waals surface area contributed by atoms with E-state index in [9.17, 15) is 4.79 Å². The number of hydrogen-bond acceptors (Lipinski definition) is 2. The van der Waals surface area contributed by atoms with Crippen LogP contribution in [0.1, 0.15) is 33.1 Å². The third-order valence-electron chi connectivity index (χ3n) is 3.45. The Morgan fingerprint density at radius 3 is 2.94 bits per heavy atom. The molecule has 1 spiro atoms. The van der Waals surface area contributed by atoms with E-state index in [0.717, 1.165) is 45.5 Å². The monoisotopic (exact) mass is 226 g/mol. The second-order valence-electron chi connectivity index (χ2n) is 5.39. The molecule has 2 amide bonds. The predicted octanol–water partition coefficient (Wildman–Crippen LogP) is 1.61. The van der Waals surface area contributed by atoms with Gasteiger partial charge in [0.15, 0.2) is 0 Å². The lowest BCUT2D eigenvalue weighted by molar-refractivity contribution is 0.0152. The topological polar surface area (TPSA) is 41.6 Å². The highest BCUT2D eigenvalue weighted by atomic mass is 16.5. The molecule has 92 valence electrons. The molecule has 2 fully saturated rings. The minimum absolute atomic E-state index is 0.00479. The van der Waals surface area contributed by atoms with E-state index in [1.54, 1.807) is 0 Å². The predicted molar refractivity (Wildman–Crippen MR) is 62.3 cm³/mol. The van der Waals surface area contributed by atoms with Gasteiger partial charge in [0.25, 0.3) is 0 Å². The molecule has 0 aromatic rings. The van der Waals surface area contributed by atoms with Crippen LogP contribution in [0, 0.1) is 5.92 Å². The van der Waals surface area contributed by atoms with E-state index < -0.39 is 0 Å². The number of carbonyl (C=O) groups excluding carboxylic acids is 1. The minimum atomic E-state index is -0.00479. The van der Waals surface area contributed by atoms with Gasteiger partial charge in [-0.25, -0.2) is 4.79 Å². The second kappa shape index (κ2) is 4.62. The van der Waals surface area contributed by atoms with Crippen LogP contribution in [0.4, 0.5) is 4.79 Å². The van der Waals surface area contributed by atoms with E-state index >= 15 is 0 Å². The largest absolute Gasteiger partial charge is 0.373 e. The molecule has 2 aliphatic heterocycles. The zero-order valence-electron chi connectivity index (χ0n) is 10.3. The third kappa shape index (κ3) is 2.48. The molecule has 16 heavy (non-hydrogen) atoms. The number of hydrogen-bond donors (Lipinski definition) is 1. The summed E-state index contributed by atoms with van der Waals surface area (Å²) in [5.41, 5.74) is -0.00479. The first kappa shape index (κ1) is 11.7. The van der Waals surface area contributed by atoms with Crippen LogP contribution in [-0.4, -0.2) is 42.8 Å². The van der Waals surface area contributed by atoms with Gasteiger partial charge >= 0.3 is 6.03 Å². The van der Waals surface area contributed by atoms with Crippen LogP contribution in [0.3, 0.4) is 0 Å². The van der Waals surface area contributed by atoms with Crippen molar-refractivity contribution < 1.29 is 9.53 Å². The Morgan fingerprint density at radius 1 is 1.50 bits per heavy atom. The van der Waals surface area contributed by atoms with Crippen molar-refractivity contribution in [1.29, 1.82) is 0 Å². The van der Waals surface area contributed by atoms with Crippen LogP contribution in [-0.2, 0) is 4.74 Å². The zero-order chi connectivity index (χ0) is 11.6. The average molecular weight is 226 g/mol. The van der Waals surface area contributed by atoms with E-state index in [1.165, 1.54) is 0 Å². The Kier molecular flexibility index (Phi) is 3.38. The van der Waals surface area contributed by atoms with Gasteiger partial charge < -0.3 is 15.0 Å². The molecule has 0 aromatic carbocycles. The van der Waals surface area contributed by atoms with Crippen LogP contribution in [0.15, 0.2) is 0 Å². The summed E-state index contributed by atoms with van der Waals surface area (Å²) in [5, 5.41) is 2.96. The highest BCUT2D eigenvalue weighted by molar-refractivity contribution is 5.74. The van der Waals surface area contributed by atoms with Crippen molar-refractivity contribution in [1.82, 2.24) is 10.2 Å². The molecule has 4 nitrogen and oxygen atoms in total. The van der Waals surface area contributed by atoms with E-state index in [4.69, 9.17) is 4.74 Å². The summed E-state index contributed by atoms with van der Waals surface area (Å²) < 4.78 is 5.79. The molecule has 0 bridgehead atoms. The molecule has 0 aromatic heterocycles. The molecule has 0 aliphatic carbocycles. The summed E-state index contributed by atoms with van der Waals surface area (Å²) in [4.78, 5) is 13.7. The van der Waals surface area contributed by atoms with Crippen molar-refractivity contribution >= 4 is 6.03 Å². The first-order valence-corrected chi connectivity index (χ1v) is 6.28. The third-order valence-corrected chi connectivity index (χ3v) is 3.45. The fourth-order valence-corrected chi connectivity index (χ4v) is 2.50. The lowest BCUT2D eigenvalue weighted by Gasteiger charge is -2.23. The number of amides is 2. The summed E-state index contributed by atoms with van der Waals surface area (Å²) in [5.74, 6) is 0.503. The van der Waals surface area contributed by atoms with Crippen molar-refractivity contribution in [2.75, 3.05) is 26.2 Å². The molecule has 0 radical (unpaired) electrons. The van der Waals surface area contributed by atoms with Gasteiger partial charge in [-0.05, 0) is 25.2 Å². The Balaban J connectivity index is 1.81. The highest BCUT2D eigenvalue weighted by Crippen LogP contribution is 2.34. The smallest absolute Gasteiger partial charge is 0.317 e. The SMILES string of the molecule is CC(C)CNC(=O)N1CCC2(CCCO2)C1. The fraction of sp³-hybridized carbons (Fsp3) is 0.917. The minimum Gasteiger partial charge on any atom is -0.373 e. The maximum absolute atomic E-state index is 11.8. The lowest BCUT2D eigenvalue weighted by atomic mass is 10.00. The summed E-state index contributed by atoms with van der Waals surface area (Å²) in [6.07, 6.45) is 3.25. The van der Waals surface area contributed by atoms with E-state index in [1.807, 2.05) is 4.90 Å². The van der Waals surface area contributed by atoms with Crippen molar-refractivity contribution in [3.05, 3.63) is 0 Å². The number of nitrogens with zero attached hydrogens (tertiary/aromatic N) is 1. The summed E-state index contributed by atoms with van der Waals surface area (Å²) >= 11 is 0. The first-order valence-electron chi connectivity index (χ1n) is 6.28. The second-order valence-corrected chi connectivity index (χ2v) is 5.39. The van der Waals surface area contributed by atoms with Crippen molar-refractivity contribution in [3.8, 4) is 0 Å². The maximum Gasteiger partial charge on any atom is 0.317 e. The summed E-state index contributed by atoms with van der Waals surface area (Å²) in [7, 11) is 0. The average Bonchev–Trinajstić information content (AvgIpc) is 2.86. The Bertz CT molecular complexity index is 260. The number of rotatable bonds is 2. The van der Waals surface area contributed by atoms with E-state index in [0.29, 0.717) is 5.92 Å². The van der Waals surface area contributed by atoms with Gasteiger partial charge in [0.05, 0.1) is 12.1 Å². The number of carbonyl (C=O) groups is 1. The van der Waals surface area contributed by atoms with Crippen molar-refractivity contribution in [2.24, 2.45) is 5.92 Å². The molecular formula is C12H22N2O2. The normalized spacial score (nSPS) is 29.3. The quantitative estimate of drug-likeness (QED) is 0.777. The highest BCUT2D eigenvalue weighted by Gasteiger charge is 2.43. The van der Waals surface area contributed by atoms with E-state index in [-0.39, 0.29) is 11.6 Å². The molecular weight excluding hydrogens is 204 g/mol. The number of likely N-dealkylation sites (tertiary alicyclic amines) is 1. The van der Waals surface area contributed by atoms with Crippen LogP contribution in [0.25, 0.3) is 0 Å². The number of urea groups is 1. The Labute approximate surface area is 97.3 Å². The summed E-state index contributed by atoms with van der Waals surface area (Å²) in [6, 6.07) is 0.0704. The lowest BCUT2D eigenvalue weighted by Crippen LogP contribution is -2.42. The first-order chi connectivity index (χ1) is 7.61. The van der Waals surface area contributed by atoms with Gasteiger partial charge in [-0.15, -0.1) is 0 Å². The molecule has 2 rings (SSSR count). The van der Waals surface area contributed by atoms with Gasteiger partial charge in [-0.3, -0.25) is 0 Å². The van der Waals surface area contributed by atoms with Crippen molar-refractivity contribution in [3.63, 3.8) is 0 Å². The standard InChI is InChI=1S/C12H22N2O2/c1-10(2)8-13-11(15)14-6-5-12(9-14)4-3-7-16-12/h10H,3-9H2,1-2H3,(H,13,15). The number of nitrogens with one attached hydrogen (secondary N) is 1. The maximum atomic E-state index is 11.8. The van der Waals surface area contributed by atoms with Crippen LogP contribution in [0.2, 0.25) is 0 Å². The van der Waals surface area contributed by atoms with Gasteiger partial charge in [0.1, 0.15) is 0 Å². The Hall–Kier alpha value is -0.770. The summed E-state index contributed by atoms with van der Waals surface area (Å²) in [6.45, 7) is 7.43. The van der Waals surface area contributed by atoms with Gasteiger partial charge in [-0.1, -0.05) is 13.8 Å². The van der Waals surface area contributed by atoms with Gasteiger partial charge in [0.2, 0.25) is 0 Å². The number of ether oxygens (including phenoxy) is 1. The van der Waals surface area contributed by atoms with Gasteiger partial charge in [0, 0.05) is 19.7 Å². The van der Waals surface area contributed by atoms with Gasteiger partial charge in [-0.2, -0.15) is 0 Å². The molecule has 2 heterocycles. The van der Waals surface area contributed by atoms with Crippen LogP contribution >= 0.6 is 0 Å². The Morgan fingerprint density at radius 2 is 2.31 bits per heavy atom. The molecule has 4 heteroatoms. The molecule has 2 saturated heterocycles. The molecule has 1 N–H and O–H groups in total. The molecule has 1 unspecified atom stereocenters. The van der Waals surface area contributed by atoms with E-state index in [2.05, 4.69) is 19.2 Å². The zero-order valence-corrected chi connectivity index (χ0v) is 10.3.